The van der Waals surface area contributed by atoms with Crippen LogP contribution in [0, 0.1) is 10.1 Å². The van der Waals surface area contributed by atoms with Crippen molar-refractivity contribution in [3.63, 3.8) is 0 Å². The first-order valence-electron chi connectivity index (χ1n) is 8.66. The van der Waals surface area contributed by atoms with E-state index in [1.807, 2.05) is 12.1 Å². The van der Waals surface area contributed by atoms with Gasteiger partial charge in [0, 0.05) is 28.7 Å². The minimum atomic E-state index is -0.453. The summed E-state index contributed by atoms with van der Waals surface area (Å²) in [6, 6.07) is 11.7. The number of nitrogens with one attached hydrogen (secondary N) is 1. The first kappa shape index (κ1) is 16.3. The monoisotopic (exact) mass is 350 g/mol. The minimum Gasteiger partial charge on any atom is -0.457 e. The highest BCUT2D eigenvalue weighted by Crippen LogP contribution is 2.31. The summed E-state index contributed by atoms with van der Waals surface area (Å²) < 4.78 is 5.46. The van der Waals surface area contributed by atoms with Gasteiger partial charge in [0.2, 0.25) is 0 Å². The van der Waals surface area contributed by atoms with Gasteiger partial charge in [-0.3, -0.25) is 10.1 Å². The Bertz CT molecular complexity index is 989. The lowest BCUT2D eigenvalue weighted by molar-refractivity contribution is -0.384. The number of benzene rings is 2. The lowest BCUT2D eigenvalue weighted by atomic mass is 9.94. The summed E-state index contributed by atoms with van der Waals surface area (Å²) in [4.78, 5) is 26.3. The van der Waals surface area contributed by atoms with Gasteiger partial charge in [-0.25, -0.2) is 4.79 Å². The van der Waals surface area contributed by atoms with E-state index in [-0.39, 0.29) is 18.3 Å². The molecule has 0 atom stereocenters. The average molecular weight is 350 g/mol. The van der Waals surface area contributed by atoms with Crippen LogP contribution in [0.4, 0.5) is 5.69 Å². The molecule has 0 fully saturated rings. The third-order valence-electron chi connectivity index (χ3n) is 4.86. The largest absolute Gasteiger partial charge is 0.457 e. The maximum atomic E-state index is 12.6. The first-order valence-corrected chi connectivity index (χ1v) is 8.66. The van der Waals surface area contributed by atoms with Gasteiger partial charge in [0.1, 0.15) is 6.61 Å². The number of rotatable bonds is 4. The Labute approximate surface area is 149 Å². The number of nitro benzene ring substituents is 1. The number of carbonyl (C=O) groups excluding carboxylic acids is 1. The predicted octanol–water partition coefficient (Wildman–Crippen LogP) is 4.31. The molecule has 1 heterocycles. The second-order valence-electron chi connectivity index (χ2n) is 6.52. The molecule has 1 aliphatic carbocycles. The highest BCUT2D eigenvalue weighted by Gasteiger charge is 2.21. The molecule has 3 aromatic rings. The van der Waals surface area contributed by atoms with Crippen LogP contribution in [0.2, 0.25) is 0 Å². The van der Waals surface area contributed by atoms with Crippen molar-refractivity contribution in [2.75, 3.05) is 0 Å². The molecule has 1 N–H and O–H groups in total. The zero-order valence-electron chi connectivity index (χ0n) is 14.2. The number of aromatic amines is 1. The lowest BCUT2D eigenvalue weighted by Gasteiger charge is -2.12. The SMILES string of the molecule is O=C(OCc1ccc([N+](=O)[O-])cc1)c1cccc2[nH]c3c(c12)CCCC3. The van der Waals surface area contributed by atoms with E-state index in [2.05, 4.69) is 4.98 Å². The predicted molar refractivity (Wildman–Crippen MR) is 97.2 cm³/mol. The van der Waals surface area contributed by atoms with Crippen molar-refractivity contribution < 1.29 is 14.5 Å². The number of nitro groups is 1. The standard InChI is InChI=1S/C20H18N2O4/c23-20(26-12-13-8-10-14(11-9-13)22(24)25)16-5-3-7-18-19(16)15-4-1-2-6-17(15)21-18/h3,5,7-11,21H,1-2,4,6,12H2. The second kappa shape index (κ2) is 6.63. The van der Waals surface area contributed by atoms with E-state index < -0.39 is 4.92 Å². The maximum Gasteiger partial charge on any atom is 0.339 e. The summed E-state index contributed by atoms with van der Waals surface area (Å²) in [5.74, 6) is -0.374. The molecule has 0 radical (unpaired) electrons. The molecule has 0 saturated heterocycles. The molecule has 0 unspecified atom stereocenters. The van der Waals surface area contributed by atoms with Gasteiger partial charge in [0.15, 0.2) is 0 Å². The molecular formula is C20H18N2O4. The van der Waals surface area contributed by atoms with Crippen LogP contribution in [0.15, 0.2) is 42.5 Å². The molecule has 4 rings (SSSR count). The van der Waals surface area contributed by atoms with E-state index >= 15 is 0 Å². The van der Waals surface area contributed by atoms with Gasteiger partial charge in [0.05, 0.1) is 10.5 Å². The zero-order chi connectivity index (χ0) is 18.1. The maximum absolute atomic E-state index is 12.6. The number of hydrogen-bond acceptors (Lipinski definition) is 4. The summed E-state index contributed by atoms with van der Waals surface area (Å²) >= 11 is 0. The van der Waals surface area contributed by atoms with Crippen LogP contribution in [0.5, 0.6) is 0 Å². The van der Waals surface area contributed by atoms with Crippen LogP contribution >= 0.6 is 0 Å². The van der Waals surface area contributed by atoms with Gasteiger partial charge >= 0.3 is 5.97 Å². The number of H-pyrrole nitrogens is 1. The smallest absolute Gasteiger partial charge is 0.339 e. The highest BCUT2D eigenvalue weighted by atomic mass is 16.6. The molecule has 2 aromatic carbocycles. The van der Waals surface area contributed by atoms with Crippen molar-refractivity contribution in [3.05, 3.63) is 75.0 Å². The number of carbonyl (C=O) groups is 1. The summed E-state index contributed by atoms with van der Waals surface area (Å²) in [5.41, 5.74) is 4.73. The second-order valence-corrected chi connectivity index (χ2v) is 6.52. The van der Waals surface area contributed by atoms with E-state index in [1.54, 1.807) is 18.2 Å². The topological polar surface area (TPSA) is 85.2 Å². The number of esters is 1. The van der Waals surface area contributed by atoms with Crippen molar-refractivity contribution >= 4 is 22.6 Å². The number of aromatic nitrogens is 1. The lowest BCUT2D eigenvalue weighted by Crippen LogP contribution is -2.07. The van der Waals surface area contributed by atoms with Crippen LogP contribution < -0.4 is 0 Å². The number of hydrogen-bond donors (Lipinski definition) is 1. The Hall–Kier alpha value is -3.15. The van der Waals surface area contributed by atoms with Gasteiger partial charge in [-0.15, -0.1) is 0 Å². The van der Waals surface area contributed by atoms with Gasteiger partial charge < -0.3 is 9.72 Å². The molecule has 0 bridgehead atoms. The molecule has 1 aromatic heterocycles. The zero-order valence-corrected chi connectivity index (χ0v) is 14.2. The van der Waals surface area contributed by atoms with Gasteiger partial charge in [-0.1, -0.05) is 6.07 Å². The van der Waals surface area contributed by atoms with Crippen LogP contribution in [0.1, 0.15) is 40.0 Å². The highest BCUT2D eigenvalue weighted by molar-refractivity contribution is 6.05. The Morgan fingerprint density at radius 3 is 2.65 bits per heavy atom. The molecule has 0 saturated carbocycles. The quantitative estimate of drug-likeness (QED) is 0.431. The molecule has 1 aliphatic rings. The minimum absolute atomic E-state index is 0.0174. The summed E-state index contributed by atoms with van der Waals surface area (Å²) in [6.07, 6.45) is 4.29. The van der Waals surface area contributed by atoms with Crippen LogP contribution in [-0.4, -0.2) is 15.9 Å². The van der Waals surface area contributed by atoms with Crippen LogP contribution in [-0.2, 0) is 24.2 Å². The van der Waals surface area contributed by atoms with E-state index in [4.69, 9.17) is 4.74 Å². The molecule has 6 heteroatoms. The Morgan fingerprint density at radius 1 is 1.12 bits per heavy atom. The van der Waals surface area contributed by atoms with E-state index in [0.29, 0.717) is 11.1 Å². The average Bonchev–Trinajstić information content (AvgIpc) is 3.05. The van der Waals surface area contributed by atoms with E-state index in [0.717, 1.165) is 30.2 Å². The Balaban J connectivity index is 1.56. The van der Waals surface area contributed by atoms with Gasteiger partial charge in [0.25, 0.3) is 5.69 Å². The summed E-state index contributed by atoms with van der Waals surface area (Å²) in [7, 11) is 0. The third-order valence-corrected chi connectivity index (χ3v) is 4.86. The van der Waals surface area contributed by atoms with Crippen molar-refractivity contribution in [2.24, 2.45) is 0 Å². The number of fused-ring (bicyclic) bond motifs is 3. The van der Waals surface area contributed by atoms with Crippen molar-refractivity contribution in [3.8, 4) is 0 Å². The number of non-ortho nitro benzene ring substituents is 1. The first-order chi connectivity index (χ1) is 12.6. The van der Waals surface area contributed by atoms with Crippen LogP contribution in [0.25, 0.3) is 10.9 Å². The fourth-order valence-electron chi connectivity index (χ4n) is 3.57. The number of nitrogens with zero attached hydrogens (tertiary/aromatic N) is 1. The van der Waals surface area contributed by atoms with Crippen molar-refractivity contribution in [1.82, 2.24) is 4.98 Å². The Morgan fingerprint density at radius 2 is 1.88 bits per heavy atom. The normalized spacial score (nSPS) is 13.4. The van der Waals surface area contributed by atoms with Crippen LogP contribution in [0.3, 0.4) is 0 Å². The molecule has 6 nitrogen and oxygen atoms in total. The fraction of sp³-hybridized carbons (Fsp3) is 0.250. The summed E-state index contributed by atoms with van der Waals surface area (Å²) in [5, 5.41) is 11.7. The summed E-state index contributed by atoms with van der Waals surface area (Å²) in [6.45, 7) is 0.0832. The van der Waals surface area contributed by atoms with Crippen molar-refractivity contribution in [1.29, 1.82) is 0 Å². The fourth-order valence-corrected chi connectivity index (χ4v) is 3.57. The van der Waals surface area contributed by atoms with Gasteiger partial charge in [-0.05, 0) is 61.1 Å². The molecule has 26 heavy (non-hydrogen) atoms. The third kappa shape index (κ3) is 2.94. The molecule has 0 spiro atoms. The molecular weight excluding hydrogens is 332 g/mol. The van der Waals surface area contributed by atoms with E-state index in [1.165, 1.54) is 29.8 Å². The molecule has 0 amide bonds. The molecule has 132 valence electrons. The molecule has 0 aliphatic heterocycles. The number of ether oxygens (including phenoxy) is 1. The van der Waals surface area contributed by atoms with Gasteiger partial charge in [-0.2, -0.15) is 0 Å². The Kier molecular flexibility index (Phi) is 4.16. The number of aryl methyl sites for hydroxylation is 2. The van der Waals surface area contributed by atoms with E-state index in [9.17, 15) is 14.9 Å². The van der Waals surface area contributed by atoms with Crippen molar-refractivity contribution in [2.45, 2.75) is 32.3 Å².